The lowest BCUT2D eigenvalue weighted by Gasteiger charge is -2.24. The highest BCUT2D eigenvalue weighted by Gasteiger charge is 2.26. The summed E-state index contributed by atoms with van der Waals surface area (Å²) in [6.45, 7) is 1.32. The molecule has 0 saturated carbocycles. The average molecular weight is 394 g/mol. The minimum Gasteiger partial charge on any atom is -0.491 e. The van der Waals surface area contributed by atoms with Crippen molar-refractivity contribution in [3.05, 3.63) is 54.1 Å². The highest BCUT2D eigenvalue weighted by atomic mass is 16.5. The van der Waals surface area contributed by atoms with Crippen molar-refractivity contribution in [2.45, 2.75) is 38.2 Å². The van der Waals surface area contributed by atoms with Crippen LogP contribution in [0.1, 0.15) is 31.2 Å². The number of rotatable bonds is 7. The fourth-order valence-corrected chi connectivity index (χ4v) is 3.80. The largest absolute Gasteiger partial charge is 0.491 e. The predicted octanol–water partition coefficient (Wildman–Crippen LogP) is 3.77. The molecule has 0 bridgehead atoms. The fraction of sp³-hybridized carbons (Fsp3) is 0.391. The van der Waals surface area contributed by atoms with Gasteiger partial charge in [-0.1, -0.05) is 24.3 Å². The molecule has 0 radical (unpaired) electrons. The molecule has 2 atom stereocenters. The summed E-state index contributed by atoms with van der Waals surface area (Å²) in [5.74, 6) is 0.409. The first-order valence-electron chi connectivity index (χ1n) is 10.2. The van der Waals surface area contributed by atoms with E-state index in [4.69, 9.17) is 9.47 Å². The Balaban J connectivity index is 1.26. The number of benzene rings is 2. The summed E-state index contributed by atoms with van der Waals surface area (Å²) >= 11 is 0. The molecular weight excluding hydrogens is 368 g/mol. The van der Waals surface area contributed by atoms with E-state index in [1.165, 1.54) is 0 Å². The number of carbonyl (C=O) groups is 2. The van der Waals surface area contributed by atoms with Gasteiger partial charge in [-0.05, 0) is 49.4 Å². The van der Waals surface area contributed by atoms with Gasteiger partial charge in [0.2, 0.25) is 11.8 Å². The van der Waals surface area contributed by atoms with Crippen LogP contribution in [-0.4, -0.2) is 31.1 Å². The van der Waals surface area contributed by atoms with Crippen molar-refractivity contribution < 1.29 is 19.1 Å². The highest BCUT2D eigenvalue weighted by Crippen LogP contribution is 2.28. The Morgan fingerprint density at radius 1 is 1.21 bits per heavy atom. The SMILES string of the molecule is O=C(CCC1Cc2ccccc2NC1=O)Nc1cccc(OCC2CCCO2)c1. The maximum atomic E-state index is 12.4. The number of hydrogen-bond acceptors (Lipinski definition) is 4. The zero-order valence-electron chi connectivity index (χ0n) is 16.4. The van der Waals surface area contributed by atoms with Gasteiger partial charge in [-0.3, -0.25) is 9.59 Å². The van der Waals surface area contributed by atoms with E-state index in [9.17, 15) is 9.59 Å². The summed E-state index contributed by atoms with van der Waals surface area (Å²) in [6.07, 6.45) is 3.73. The maximum Gasteiger partial charge on any atom is 0.227 e. The van der Waals surface area contributed by atoms with Gasteiger partial charge in [0.25, 0.3) is 0 Å². The van der Waals surface area contributed by atoms with Crippen LogP contribution in [0.3, 0.4) is 0 Å². The molecule has 0 spiro atoms. The van der Waals surface area contributed by atoms with Crippen molar-refractivity contribution in [1.29, 1.82) is 0 Å². The number of para-hydroxylation sites is 1. The number of amides is 2. The van der Waals surface area contributed by atoms with Crippen molar-refractivity contribution >= 4 is 23.2 Å². The quantitative estimate of drug-likeness (QED) is 0.749. The van der Waals surface area contributed by atoms with Crippen LogP contribution < -0.4 is 15.4 Å². The summed E-state index contributed by atoms with van der Waals surface area (Å²) < 4.78 is 11.3. The van der Waals surface area contributed by atoms with Crippen LogP contribution in [0.5, 0.6) is 5.75 Å². The van der Waals surface area contributed by atoms with Gasteiger partial charge in [0.1, 0.15) is 12.4 Å². The van der Waals surface area contributed by atoms with Crippen molar-refractivity contribution in [3.8, 4) is 5.75 Å². The summed E-state index contributed by atoms with van der Waals surface area (Å²) in [4.78, 5) is 24.7. The number of ether oxygens (including phenoxy) is 2. The van der Waals surface area contributed by atoms with Gasteiger partial charge in [0.15, 0.2) is 0 Å². The van der Waals surface area contributed by atoms with E-state index in [0.29, 0.717) is 37.3 Å². The molecular formula is C23H26N2O4. The van der Waals surface area contributed by atoms with E-state index in [1.807, 2.05) is 48.5 Å². The number of hydrogen-bond donors (Lipinski definition) is 2. The number of nitrogens with one attached hydrogen (secondary N) is 2. The van der Waals surface area contributed by atoms with Crippen LogP contribution in [0.25, 0.3) is 0 Å². The summed E-state index contributed by atoms with van der Waals surface area (Å²) in [5, 5.41) is 5.83. The van der Waals surface area contributed by atoms with Crippen molar-refractivity contribution in [2.75, 3.05) is 23.8 Å². The zero-order chi connectivity index (χ0) is 20.1. The number of fused-ring (bicyclic) bond motifs is 1. The fourth-order valence-electron chi connectivity index (χ4n) is 3.80. The van der Waals surface area contributed by atoms with Crippen LogP contribution in [0.2, 0.25) is 0 Å². The van der Waals surface area contributed by atoms with E-state index in [-0.39, 0.29) is 23.8 Å². The van der Waals surface area contributed by atoms with E-state index in [1.54, 1.807) is 0 Å². The van der Waals surface area contributed by atoms with Crippen LogP contribution >= 0.6 is 0 Å². The van der Waals surface area contributed by atoms with Gasteiger partial charge in [-0.25, -0.2) is 0 Å². The van der Waals surface area contributed by atoms with Crippen LogP contribution in [0, 0.1) is 5.92 Å². The molecule has 0 aromatic heterocycles. The molecule has 6 heteroatoms. The molecule has 2 unspecified atom stereocenters. The van der Waals surface area contributed by atoms with Gasteiger partial charge in [0, 0.05) is 36.4 Å². The summed E-state index contributed by atoms with van der Waals surface area (Å²) in [6, 6.07) is 15.2. The first kappa shape index (κ1) is 19.5. The second-order valence-electron chi connectivity index (χ2n) is 7.61. The molecule has 29 heavy (non-hydrogen) atoms. The smallest absolute Gasteiger partial charge is 0.227 e. The van der Waals surface area contributed by atoms with E-state index in [2.05, 4.69) is 10.6 Å². The molecule has 6 nitrogen and oxygen atoms in total. The molecule has 4 rings (SSSR count). The standard InChI is InChI=1S/C23H26N2O4/c26-22(11-10-17-13-16-5-1-2-9-21(16)25-23(17)27)24-18-6-3-7-19(14-18)29-15-20-8-4-12-28-20/h1-3,5-7,9,14,17,20H,4,8,10-13,15H2,(H,24,26)(H,25,27). The summed E-state index contributed by atoms with van der Waals surface area (Å²) in [7, 11) is 0. The zero-order valence-corrected chi connectivity index (χ0v) is 16.4. The minimum atomic E-state index is -0.184. The third-order valence-corrected chi connectivity index (χ3v) is 5.41. The molecule has 152 valence electrons. The first-order chi connectivity index (χ1) is 14.2. The Morgan fingerprint density at radius 3 is 2.97 bits per heavy atom. The van der Waals surface area contributed by atoms with Crippen molar-refractivity contribution in [1.82, 2.24) is 0 Å². The Hall–Kier alpha value is -2.86. The lowest BCUT2D eigenvalue weighted by atomic mass is 9.89. The third-order valence-electron chi connectivity index (χ3n) is 5.41. The van der Waals surface area contributed by atoms with Gasteiger partial charge in [-0.2, -0.15) is 0 Å². The van der Waals surface area contributed by atoms with Crippen LogP contribution in [0.4, 0.5) is 11.4 Å². The summed E-state index contributed by atoms with van der Waals surface area (Å²) in [5.41, 5.74) is 2.69. The molecule has 2 heterocycles. The third kappa shape index (κ3) is 5.15. The molecule has 0 aliphatic carbocycles. The van der Waals surface area contributed by atoms with Gasteiger partial charge in [0.05, 0.1) is 6.10 Å². The lowest BCUT2D eigenvalue weighted by molar-refractivity contribution is -0.121. The maximum absolute atomic E-state index is 12.4. The average Bonchev–Trinajstić information content (AvgIpc) is 3.25. The topological polar surface area (TPSA) is 76.7 Å². The number of carbonyl (C=O) groups excluding carboxylic acids is 2. The van der Waals surface area contributed by atoms with Gasteiger partial charge >= 0.3 is 0 Å². The Kier molecular flexibility index (Phi) is 6.10. The highest BCUT2D eigenvalue weighted by molar-refractivity contribution is 5.96. The number of anilines is 2. The second-order valence-corrected chi connectivity index (χ2v) is 7.61. The van der Waals surface area contributed by atoms with Crippen LogP contribution in [-0.2, 0) is 20.7 Å². The normalized spacial score (nSPS) is 20.6. The van der Waals surface area contributed by atoms with Crippen LogP contribution in [0.15, 0.2) is 48.5 Å². The van der Waals surface area contributed by atoms with E-state index >= 15 is 0 Å². The molecule has 2 aromatic rings. The molecule has 2 aromatic carbocycles. The Labute approximate surface area is 170 Å². The predicted molar refractivity (Wildman–Crippen MR) is 111 cm³/mol. The Bertz CT molecular complexity index is 877. The second kappa shape index (κ2) is 9.09. The minimum absolute atomic E-state index is 0.0129. The van der Waals surface area contributed by atoms with E-state index in [0.717, 1.165) is 30.7 Å². The molecule has 2 N–H and O–H groups in total. The lowest BCUT2D eigenvalue weighted by Crippen LogP contribution is -2.30. The monoisotopic (exact) mass is 394 g/mol. The van der Waals surface area contributed by atoms with Crippen molar-refractivity contribution in [2.24, 2.45) is 5.92 Å². The van der Waals surface area contributed by atoms with E-state index < -0.39 is 0 Å². The first-order valence-corrected chi connectivity index (χ1v) is 10.2. The van der Waals surface area contributed by atoms with Crippen molar-refractivity contribution in [3.63, 3.8) is 0 Å². The molecule has 1 fully saturated rings. The molecule has 2 amide bonds. The molecule has 1 saturated heterocycles. The molecule has 2 aliphatic heterocycles. The van der Waals surface area contributed by atoms with Gasteiger partial charge < -0.3 is 20.1 Å². The van der Waals surface area contributed by atoms with Gasteiger partial charge in [-0.15, -0.1) is 0 Å². The Morgan fingerprint density at radius 2 is 2.10 bits per heavy atom. The molecule has 2 aliphatic rings.